The summed E-state index contributed by atoms with van der Waals surface area (Å²) in [6.45, 7) is 6.33. The second-order valence-electron chi connectivity index (χ2n) is 11.7. The van der Waals surface area contributed by atoms with Crippen LogP contribution < -0.4 is 4.84 Å². The van der Waals surface area contributed by atoms with Gasteiger partial charge in [0, 0.05) is 24.5 Å². The van der Waals surface area contributed by atoms with Crippen molar-refractivity contribution in [3.63, 3.8) is 0 Å². The van der Waals surface area contributed by atoms with Gasteiger partial charge in [-0.1, -0.05) is 19.0 Å². The lowest BCUT2D eigenvalue weighted by Crippen LogP contribution is -2.56. The molecule has 1 aromatic rings. The molecular formula is C27H35ClN2O5. The largest absolute Gasteiger partial charge is 0.462 e. The van der Waals surface area contributed by atoms with E-state index in [-0.39, 0.29) is 34.0 Å². The highest BCUT2D eigenvalue weighted by Gasteiger charge is 2.61. The fraction of sp³-hybridized carbons (Fsp3) is 0.704. The van der Waals surface area contributed by atoms with Crippen LogP contribution in [-0.2, 0) is 9.53 Å². The summed E-state index contributed by atoms with van der Waals surface area (Å²) in [5.74, 6) is 2.74. The molecular weight excluding hydrogens is 468 g/mol. The molecule has 4 fully saturated rings. The monoisotopic (exact) mass is 502 g/mol. The van der Waals surface area contributed by atoms with E-state index < -0.39 is 4.92 Å². The molecule has 0 heterocycles. The zero-order valence-electron chi connectivity index (χ0n) is 20.7. The maximum absolute atomic E-state index is 11.7. The molecule has 8 heteroatoms. The normalized spacial score (nSPS) is 41.4. The van der Waals surface area contributed by atoms with Crippen LogP contribution in [0.4, 0.5) is 5.69 Å². The first-order valence-electron chi connectivity index (χ1n) is 12.9. The van der Waals surface area contributed by atoms with Crippen molar-refractivity contribution < 1.29 is 19.3 Å². The van der Waals surface area contributed by atoms with Gasteiger partial charge in [-0.2, -0.15) is 0 Å². The summed E-state index contributed by atoms with van der Waals surface area (Å²) >= 11 is 6.92. The van der Waals surface area contributed by atoms with Gasteiger partial charge in [-0.25, -0.2) is 0 Å². The summed E-state index contributed by atoms with van der Waals surface area (Å²) in [7, 11) is 0. The molecule has 7 nitrogen and oxygen atoms in total. The maximum atomic E-state index is 11.7. The third-order valence-electron chi connectivity index (χ3n) is 10.0. The number of non-ortho nitro benzene ring substituents is 1. The van der Waals surface area contributed by atoms with Gasteiger partial charge in [-0.05, 0) is 92.6 Å². The van der Waals surface area contributed by atoms with E-state index in [4.69, 9.17) is 21.2 Å². The van der Waals surface area contributed by atoms with Gasteiger partial charge in [0.05, 0.1) is 16.0 Å². The van der Waals surface area contributed by atoms with Crippen molar-refractivity contribution in [3.05, 3.63) is 34.4 Å². The number of hydrogen-bond acceptors (Lipinski definition) is 6. The zero-order valence-corrected chi connectivity index (χ0v) is 21.5. The van der Waals surface area contributed by atoms with E-state index in [1.54, 1.807) is 12.1 Å². The first-order valence-corrected chi connectivity index (χ1v) is 13.3. The molecule has 0 radical (unpaired) electrons. The van der Waals surface area contributed by atoms with Crippen molar-refractivity contribution in [2.45, 2.75) is 83.6 Å². The molecule has 4 saturated carbocycles. The number of nitrogens with zero attached hydrogens (tertiary/aromatic N) is 2. The summed E-state index contributed by atoms with van der Waals surface area (Å²) in [4.78, 5) is 27.8. The molecule has 190 valence electrons. The minimum absolute atomic E-state index is 0.0236. The summed E-state index contributed by atoms with van der Waals surface area (Å²) in [6.07, 6.45) is 8.55. The number of rotatable bonds is 4. The predicted octanol–water partition coefficient (Wildman–Crippen LogP) is 6.52. The lowest BCUT2D eigenvalue weighted by atomic mass is 9.45. The third-order valence-corrected chi connectivity index (χ3v) is 10.4. The first-order chi connectivity index (χ1) is 16.6. The van der Waals surface area contributed by atoms with Crippen LogP contribution in [0.5, 0.6) is 5.75 Å². The lowest BCUT2D eigenvalue weighted by Gasteiger charge is -2.60. The second kappa shape index (κ2) is 9.06. The average molecular weight is 503 g/mol. The Hall–Kier alpha value is -2.15. The van der Waals surface area contributed by atoms with E-state index in [2.05, 4.69) is 19.0 Å². The zero-order chi connectivity index (χ0) is 25.0. The Morgan fingerprint density at radius 3 is 2.49 bits per heavy atom. The number of halogens is 1. The fourth-order valence-corrected chi connectivity index (χ4v) is 8.71. The second-order valence-corrected chi connectivity index (χ2v) is 12.2. The number of carbonyl (C=O) groups excluding carboxylic acids is 1. The molecule has 4 aliphatic rings. The minimum Gasteiger partial charge on any atom is -0.462 e. The summed E-state index contributed by atoms with van der Waals surface area (Å²) in [5, 5.41) is 15.1. The van der Waals surface area contributed by atoms with Crippen molar-refractivity contribution in [1.29, 1.82) is 0 Å². The highest BCUT2D eigenvalue weighted by Crippen LogP contribution is 2.66. The summed E-state index contributed by atoms with van der Waals surface area (Å²) < 4.78 is 5.78. The van der Waals surface area contributed by atoms with Gasteiger partial charge in [0.2, 0.25) is 0 Å². The van der Waals surface area contributed by atoms with Crippen LogP contribution >= 0.6 is 11.6 Å². The molecule has 0 unspecified atom stereocenters. The van der Waals surface area contributed by atoms with Crippen LogP contribution in [0.2, 0.25) is 0 Å². The van der Waals surface area contributed by atoms with Crippen molar-refractivity contribution in [3.8, 4) is 5.75 Å². The smallest absolute Gasteiger partial charge is 0.302 e. The van der Waals surface area contributed by atoms with Crippen molar-refractivity contribution in [2.75, 3.05) is 0 Å². The minimum atomic E-state index is -0.432. The van der Waals surface area contributed by atoms with Gasteiger partial charge in [0.25, 0.3) is 5.69 Å². The molecule has 0 spiro atoms. The van der Waals surface area contributed by atoms with Crippen LogP contribution in [0, 0.1) is 44.6 Å². The Kier molecular flexibility index (Phi) is 6.35. The van der Waals surface area contributed by atoms with Crippen LogP contribution in [0.25, 0.3) is 0 Å². The highest BCUT2D eigenvalue weighted by atomic mass is 35.5. The van der Waals surface area contributed by atoms with E-state index in [1.165, 1.54) is 25.5 Å². The number of carbonyl (C=O) groups is 1. The van der Waals surface area contributed by atoms with E-state index >= 15 is 0 Å². The van der Waals surface area contributed by atoms with Crippen LogP contribution in [-0.4, -0.2) is 28.1 Å². The topological polar surface area (TPSA) is 91.0 Å². The Bertz CT molecular complexity index is 1030. The van der Waals surface area contributed by atoms with Gasteiger partial charge < -0.3 is 9.57 Å². The van der Waals surface area contributed by atoms with Crippen molar-refractivity contribution in [2.24, 2.45) is 39.7 Å². The van der Waals surface area contributed by atoms with Gasteiger partial charge in [0.15, 0.2) is 5.75 Å². The number of hydrogen-bond donors (Lipinski definition) is 0. The molecule has 4 aliphatic carbocycles. The third kappa shape index (κ3) is 4.24. The standard InChI is InChI=1S/C27H35ClN2O5/c1-16(31)34-25-11-10-21-20-9-4-17-14-24(29-35-19-7-5-18(6-8-19)30(32)33)23(28)15-27(17,3)22(20)12-13-26(21,25)2/h5-8,17,20-23,25H,4,9-15H2,1-3H3/b29-24+/t17-,20+,21+,22-,23+,25+,26-,27+/m0/s1. The molecule has 35 heavy (non-hydrogen) atoms. The Balaban J connectivity index is 1.29. The molecule has 0 bridgehead atoms. The average Bonchev–Trinajstić information content (AvgIpc) is 3.13. The van der Waals surface area contributed by atoms with Crippen molar-refractivity contribution >= 4 is 29.0 Å². The van der Waals surface area contributed by atoms with Crippen LogP contribution in [0.15, 0.2) is 29.4 Å². The van der Waals surface area contributed by atoms with E-state index in [9.17, 15) is 14.9 Å². The Morgan fingerprint density at radius 1 is 1.09 bits per heavy atom. The molecule has 0 saturated heterocycles. The van der Waals surface area contributed by atoms with Gasteiger partial charge in [-0.3, -0.25) is 14.9 Å². The highest BCUT2D eigenvalue weighted by molar-refractivity contribution is 6.32. The SMILES string of the molecule is CC(=O)O[C@@H]1CC[C@@H]2[C@H]3CC[C@H]4C/C(=N\Oc5ccc([N+](=O)[O-])cc5)[C@H](Cl)C[C@@]4(C)[C@H]3CC[C@@]21C. The van der Waals surface area contributed by atoms with Gasteiger partial charge in [-0.15, -0.1) is 11.6 Å². The van der Waals surface area contributed by atoms with Crippen molar-refractivity contribution in [1.82, 2.24) is 0 Å². The summed E-state index contributed by atoms with van der Waals surface area (Å²) in [6, 6.07) is 5.96. The molecule has 5 rings (SSSR count). The lowest BCUT2D eigenvalue weighted by molar-refractivity contribution is -0.384. The summed E-state index contributed by atoms with van der Waals surface area (Å²) in [5.41, 5.74) is 1.16. The number of fused-ring (bicyclic) bond motifs is 5. The number of benzene rings is 1. The molecule has 0 aromatic heterocycles. The number of alkyl halides is 1. The molecule has 0 amide bonds. The molecule has 1 aromatic carbocycles. The fourth-order valence-electron chi connectivity index (χ4n) is 8.25. The van der Waals surface area contributed by atoms with Crippen LogP contribution in [0.1, 0.15) is 72.1 Å². The van der Waals surface area contributed by atoms with Gasteiger partial charge >= 0.3 is 5.97 Å². The Labute approximate surface area is 211 Å². The first kappa shape index (κ1) is 24.5. The number of nitro benzene ring substituents is 1. The van der Waals surface area contributed by atoms with E-state index in [1.807, 2.05) is 0 Å². The van der Waals surface area contributed by atoms with Gasteiger partial charge in [0.1, 0.15) is 6.10 Å². The van der Waals surface area contributed by atoms with E-state index in [0.717, 1.165) is 50.7 Å². The number of ether oxygens (including phenoxy) is 1. The van der Waals surface area contributed by atoms with E-state index in [0.29, 0.717) is 29.4 Å². The molecule has 0 N–H and O–H groups in total. The Morgan fingerprint density at radius 2 is 1.80 bits per heavy atom. The maximum Gasteiger partial charge on any atom is 0.302 e. The number of oxime groups is 1. The quantitative estimate of drug-likeness (QED) is 0.202. The number of nitro groups is 1. The number of esters is 1. The molecule has 8 atom stereocenters. The van der Waals surface area contributed by atoms with Crippen LogP contribution in [0.3, 0.4) is 0 Å². The molecule has 0 aliphatic heterocycles. The predicted molar refractivity (Wildman–Crippen MR) is 133 cm³/mol.